The number of rotatable bonds is 14. The quantitative estimate of drug-likeness (QED) is 0.0961. The molecule has 6 rings (SSSR count). The lowest BCUT2D eigenvalue weighted by Crippen LogP contribution is -2.28. The van der Waals surface area contributed by atoms with Gasteiger partial charge in [-0.3, -0.25) is 0 Å². The Morgan fingerprint density at radius 2 is 1.90 bits per heavy atom. The molecule has 0 spiro atoms. The van der Waals surface area contributed by atoms with E-state index < -0.39 is 12.0 Å². The van der Waals surface area contributed by atoms with Crippen LogP contribution in [-0.4, -0.2) is 47.5 Å². The van der Waals surface area contributed by atoms with Crippen molar-refractivity contribution in [3.63, 3.8) is 0 Å². The molecule has 1 atom stereocenters. The van der Waals surface area contributed by atoms with Crippen molar-refractivity contribution in [2.45, 2.75) is 57.9 Å². The van der Waals surface area contributed by atoms with Gasteiger partial charge in [-0.15, -0.1) is 0 Å². The maximum absolute atomic E-state index is 14.1. The predicted octanol–water partition coefficient (Wildman–Crippen LogP) is 7.44. The molecule has 2 heterocycles. The van der Waals surface area contributed by atoms with E-state index in [4.69, 9.17) is 19.6 Å². The maximum Gasteiger partial charge on any atom is 0.339 e. The summed E-state index contributed by atoms with van der Waals surface area (Å²) in [6, 6.07) is 14.7. The molecule has 2 aromatic heterocycles. The molecule has 0 radical (unpaired) electrons. The van der Waals surface area contributed by atoms with Crippen LogP contribution in [-0.2, 0) is 6.42 Å². The number of ether oxygens (including phenoxy) is 2. The molecule has 1 aliphatic rings. The lowest BCUT2D eigenvalue weighted by atomic mass is 9.87. The molecule has 5 aromatic rings. The summed E-state index contributed by atoms with van der Waals surface area (Å²) in [5.41, 5.74) is 7.76. The summed E-state index contributed by atoms with van der Waals surface area (Å²) < 4.78 is 32.4. The van der Waals surface area contributed by atoms with Gasteiger partial charge in [-0.05, 0) is 60.7 Å². The molecule has 1 saturated carbocycles. The van der Waals surface area contributed by atoms with Gasteiger partial charge in [0, 0.05) is 53.5 Å². The van der Waals surface area contributed by atoms with Crippen molar-refractivity contribution in [2.24, 2.45) is 11.7 Å². The van der Waals surface area contributed by atoms with Crippen LogP contribution in [0.5, 0.6) is 17.4 Å². The highest BCUT2D eigenvalue weighted by molar-refractivity contribution is 6.16. The Labute approximate surface area is 278 Å². The van der Waals surface area contributed by atoms with Gasteiger partial charge in [0.1, 0.15) is 34.2 Å². The molecule has 0 saturated heterocycles. The van der Waals surface area contributed by atoms with E-state index in [2.05, 4.69) is 10.3 Å². The van der Waals surface area contributed by atoms with Crippen LogP contribution in [0.1, 0.15) is 77.4 Å². The van der Waals surface area contributed by atoms with Crippen LogP contribution < -0.4 is 20.5 Å². The van der Waals surface area contributed by atoms with Crippen molar-refractivity contribution in [3.8, 4) is 17.4 Å². The number of hydrogen-bond donors (Lipinski definition) is 4. The van der Waals surface area contributed by atoms with Gasteiger partial charge in [0.15, 0.2) is 0 Å². The van der Waals surface area contributed by atoms with Gasteiger partial charge in [-0.2, -0.15) is 0 Å². The van der Waals surface area contributed by atoms with Crippen molar-refractivity contribution in [2.75, 3.05) is 26.3 Å². The van der Waals surface area contributed by atoms with Crippen molar-refractivity contribution >= 4 is 27.7 Å². The highest BCUT2D eigenvalue weighted by Crippen LogP contribution is 2.46. The second-order valence-electron chi connectivity index (χ2n) is 12.4. The van der Waals surface area contributed by atoms with Crippen molar-refractivity contribution in [1.29, 1.82) is 0 Å². The summed E-state index contributed by atoms with van der Waals surface area (Å²) in [7, 11) is 0. The Kier molecular flexibility index (Phi) is 10.4. The number of hydrogen-bond acceptors (Lipinski definition) is 8. The minimum atomic E-state index is -1.17. The second kappa shape index (κ2) is 15.0. The van der Waals surface area contributed by atoms with E-state index in [-0.39, 0.29) is 34.9 Å². The van der Waals surface area contributed by atoms with Gasteiger partial charge in [0.2, 0.25) is 5.88 Å². The first-order valence-corrected chi connectivity index (χ1v) is 16.7. The first kappa shape index (κ1) is 33.2. The Morgan fingerprint density at radius 1 is 1.08 bits per heavy atom. The number of pyridine rings is 1. The monoisotopic (exact) mass is 655 g/mol. The number of aryl methyl sites for hydroxylation is 1. The van der Waals surface area contributed by atoms with Crippen molar-refractivity contribution < 1.29 is 33.3 Å². The fourth-order valence-electron chi connectivity index (χ4n) is 6.88. The molecule has 0 amide bonds. The summed E-state index contributed by atoms with van der Waals surface area (Å²) in [5.74, 6) is 0.274. The maximum atomic E-state index is 14.1. The van der Waals surface area contributed by atoms with Gasteiger partial charge in [0.25, 0.3) is 0 Å². The Morgan fingerprint density at radius 3 is 2.67 bits per heavy atom. The van der Waals surface area contributed by atoms with E-state index in [0.717, 1.165) is 6.42 Å². The minimum Gasteiger partial charge on any atom is -0.507 e. The van der Waals surface area contributed by atoms with Crippen LogP contribution in [0.2, 0.25) is 0 Å². The molecule has 0 bridgehead atoms. The van der Waals surface area contributed by atoms with E-state index >= 15 is 0 Å². The largest absolute Gasteiger partial charge is 0.507 e. The molecule has 3 aromatic carbocycles. The fourth-order valence-corrected chi connectivity index (χ4v) is 6.88. The van der Waals surface area contributed by atoms with Crippen LogP contribution in [0.25, 0.3) is 21.7 Å². The normalized spacial score (nSPS) is 14.4. The molecule has 252 valence electrons. The zero-order valence-corrected chi connectivity index (χ0v) is 27.1. The number of aromatic hydroxyl groups is 1. The van der Waals surface area contributed by atoms with Crippen LogP contribution in [0.4, 0.5) is 4.39 Å². The molecule has 1 unspecified atom stereocenters. The third-order valence-electron chi connectivity index (χ3n) is 9.29. The van der Waals surface area contributed by atoms with E-state index in [1.807, 2.05) is 12.1 Å². The molecule has 5 N–H and O–H groups in total. The standard InChI is InChI=1S/C38H42FN3O6/c1-23-32(38(44)45)33-34(35(42-18-16-40)26-13-17-41-31(21-26)47-20-15-25-9-5-6-10-30(25)39)36(43)28-12-11-27(22-29(28)37(33)48-23)46-19-14-24-7-3-2-4-8-24/h5-6,9-13,17,21-22,24,35,42-43H,2-4,7-8,14-16,18-20,40H2,1H3,(H,44,45). The number of benzene rings is 3. The average Bonchev–Trinajstić information content (AvgIpc) is 3.44. The molecule has 10 heteroatoms. The number of aromatic carboxylic acids is 1. The van der Waals surface area contributed by atoms with Gasteiger partial charge in [-0.25, -0.2) is 14.2 Å². The molecule has 48 heavy (non-hydrogen) atoms. The Hall–Kier alpha value is -4.67. The summed E-state index contributed by atoms with van der Waals surface area (Å²) in [5, 5.41) is 27.0. The molecule has 9 nitrogen and oxygen atoms in total. The molecular weight excluding hydrogens is 613 g/mol. The zero-order chi connectivity index (χ0) is 33.6. The lowest BCUT2D eigenvalue weighted by molar-refractivity contribution is 0.0696. The smallest absolute Gasteiger partial charge is 0.339 e. The molecule has 1 aliphatic carbocycles. The zero-order valence-electron chi connectivity index (χ0n) is 27.1. The molecule has 1 fully saturated rings. The van der Waals surface area contributed by atoms with E-state index in [9.17, 15) is 19.4 Å². The first-order valence-electron chi connectivity index (χ1n) is 16.7. The third-order valence-corrected chi connectivity index (χ3v) is 9.29. The number of carbonyl (C=O) groups is 1. The first-order chi connectivity index (χ1) is 23.4. The van der Waals surface area contributed by atoms with E-state index in [1.54, 1.807) is 49.5 Å². The Balaban J connectivity index is 1.38. The number of nitrogens with one attached hydrogen (secondary N) is 1. The lowest BCUT2D eigenvalue weighted by Gasteiger charge is -2.23. The number of aromatic nitrogens is 1. The van der Waals surface area contributed by atoms with Crippen LogP contribution >= 0.6 is 0 Å². The van der Waals surface area contributed by atoms with E-state index in [0.29, 0.717) is 76.7 Å². The summed E-state index contributed by atoms with van der Waals surface area (Å²) in [6.45, 7) is 3.04. The molecular formula is C38H42FN3O6. The predicted molar refractivity (Wildman–Crippen MR) is 183 cm³/mol. The number of phenols is 1. The van der Waals surface area contributed by atoms with Crippen LogP contribution in [0.15, 0.2) is 65.2 Å². The number of nitrogens with two attached hydrogens (primary N) is 1. The highest BCUT2D eigenvalue weighted by Gasteiger charge is 2.31. The second-order valence-corrected chi connectivity index (χ2v) is 12.4. The number of phenolic OH excluding ortho intramolecular Hbond substituents is 1. The van der Waals surface area contributed by atoms with E-state index in [1.165, 1.54) is 38.2 Å². The number of halogens is 1. The van der Waals surface area contributed by atoms with Gasteiger partial charge in [0.05, 0.1) is 19.3 Å². The fraction of sp³-hybridized carbons (Fsp3) is 0.368. The Bertz CT molecular complexity index is 1900. The summed E-state index contributed by atoms with van der Waals surface area (Å²) in [6.07, 6.45) is 9.23. The minimum absolute atomic E-state index is 0.0317. The topological polar surface area (TPSA) is 140 Å². The van der Waals surface area contributed by atoms with Gasteiger partial charge < -0.3 is 35.2 Å². The van der Waals surface area contributed by atoms with Gasteiger partial charge in [-0.1, -0.05) is 50.3 Å². The number of fused-ring (bicyclic) bond motifs is 3. The number of carboxylic acids is 1. The van der Waals surface area contributed by atoms with Crippen LogP contribution in [0.3, 0.4) is 0 Å². The van der Waals surface area contributed by atoms with Crippen molar-refractivity contribution in [1.82, 2.24) is 10.3 Å². The highest BCUT2D eigenvalue weighted by atomic mass is 19.1. The van der Waals surface area contributed by atoms with Gasteiger partial charge >= 0.3 is 5.97 Å². The number of nitrogens with zero attached hydrogens (tertiary/aromatic N) is 1. The summed E-state index contributed by atoms with van der Waals surface area (Å²) in [4.78, 5) is 17.0. The van der Waals surface area contributed by atoms with Crippen molar-refractivity contribution in [3.05, 3.63) is 94.6 Å². The average molecular weight is 656 g/mol. The molecule has 0 aliphatic heterocycles. The summed E-state index contributed by atoms with van der Waals surface area (Å²) >= 11 is 0. The number of carboxylic acid groups (broad SMARTS) is 1. The SMILES string of the molecule is Cc1oc2c(c1C(=O)O)c(C(NCCN)c1ccnc(OCCc3ccccc3F)c1)c(O)c1ccc(OCCC3CCCCC3)cc12. The van der Waals surface area contributed by atoms with Crippen LogP contribution in [0, 0.1) is 18.7 Å². The number of furan rings is 1. The third kappa shape index (κ3) is 7.10.